The maximum absolute atomic E-state index is 13.9. The molecule has 0 N–H and O–H groups in total. The zero-order chi connectivity index (χ0) is 35.6. The molecule has 3 fully saturated rings. The third-order valence-electron chi connectivity index (χ3n) is 12.9. The van der Waals surface area contributed by atoms with Crippen molar-refractivity contribution < 1.29 is 14.1 Å². The number of carbonyl (C=O) groups is 1. The maximum Gasteiger partial charge on any atom is 0.294 e. The van der Waals surface area contributed by atoms with Crippen LogP contribution in [0.2, 0.25) is 5.02 Å². The van der Waals surface area contributed by atoms with Crippen LogP contribution in [0.25, 0.3) is 0 Å². The van der Waals surface area contributed by atoms with Gasteiger partial charge in [0.05, 0.1) is 30.7 Å². The lowest BCUT2D eigenvalue weighted by Gasteiger charge is -2.48. The highest BCUT2D eigenvalue weighted by Gasteiger charge is 2.41. The van der Waals surface area contributed by atoms with Crippen LogP contribution >= 0.6 is 11.6 Å². The van der Waals surface area contributed by atoms with Crippen LogP contribution in [0.1, 0.15) is 93.1 Å². The minimum absolute atomic E-state index is 0.149. The van der Waals surface area contributed by atoms with Crippen molar-refractivity contribution in [1.82, 2.24) is 14.1 Å². The fraction of sp³-hybridized carbons (Fsp3) is 0.643. The molecule has 2 aromatic carbocycles. The third-order valence-corrected chi connectivity index (χ3v) is 15.0. The van der Waals surface area contributed by atoms with Gasteiger partial charge in [-0.2, -0.15) is 4.31 Å². The monoisotopic (exact) mass is 734 g/mol. The van der Waals surface area contributed by atoms with Gasteiger partial charge in [-0.1, -0.05) is 56.5 Å². The van der Waals surface area contributed by atoms with Crippen LogP contribution in [-0.4, -0.2) is 95.3 Å². The van der Waals surface area contributed by atoms with E-state index in [4.69, 9.17) is 16.3 Å². The fourth-order valence-electron chi connectivity index (χ4n) is 9.51. The summed E-state index contributed by atoms with van der Waals surface area (Å²) >= 11 is 5.06. The van der Waals surface area contributed by atoms with Gasteiger partial charge < -0.3 is 14.2 Å². The van der Waals surface area contributed by atoms with Crippen molar-refractivity contribution in [3.63, 3.8) is 0 Å². The standard InChI is InChI=1S/C42H59ClN4O3S/c1-5-9-31-22-36(43)15-17-38(31)35-26-47-25-34-13-16-39(34)33(24-45-20-21-46-19-7-6-12-37(46)27-45)11-8-10-29(2)30(3)51(49)44(4)42(48)32-14-18-41(50-28-35)40(47)23-32/h8,11,14-15,17-18,22-23,29-30,33-35,37,39H,5-7,9-10,12-13,16,19-21,24-28H2,1-4H3/b11-8+. The Balaban J connectivity index is 1.22. The largest absolute Gasteiger partial charge is 0.593 e. The molecule has 4 aliphatic heterocycles. The number of ether oxygens (including phenoxy) is 1. The van der Waals surface area contributed by atoms with Crippen molar-refractivity contribution in [2.24, 2.45) is 23.7 Å². The highest BCUT2D eigenvalue weighted by Crippen LogP contribution is 2.45. The van der Waals surface area contributed by atoms with Crippen molar-refractivity contribution in [2.75, 3.05) is 64.4 Å². The molecular weight excluding hydrogens is 676 g/mol. The molecule has 1 saturated carbocycles. The third kappa shape index (κ3) is 8.16. The van der Waals surface area contributed by atoms with Crippen molar-refractivity contribution in [2.45, 2.75) is 89.3 Å². The van der Waals surface area contributed by atoms with E-state index >= 15 is 0 Å². The van der Waals surface area contributed by atoms with E-state index in [1.807, 2.05) is 31.2 Å². The fourth-order valence-corrected chi connectivity index (χ4v) is 11.0. The molecule has 0 aromatic heterocycles. The summed E-state index contributed by atoms with van der Waals surface area (Å²) in [6, 6.07) is 12.9. The van der Waals surface area contributed by atoms with E-state index in [1.54, 1.807) is 7.05 Å². The van der Waals surface area contributed by atoms with Crippen LogP contribution in [0.15, 0.2) is 48.6 Å². The predicted molar refractivity (Wildman–Crippen MR) is 210 cm³/mol. The summed E-state index contributed by atoms with van der Waals surface area (Å²) in [5.41, 5.74) is 4.15. The Morgan fingerprint density at radius 2 is 1.86 bits per heavy atom. The number of piperidine rings is 1. The van der Waals surface area contributed by atoms with E-state index in [1.165, 1.54) is 67.2 Å². The number of hydrogen-bond acceptors (Lipinski definition) is 6. The number of piperazine rings is 1. The van der Waals surface area contributed by atoms with Gasteiger partial charge in [0, 0.05) is 67.7 Å². The zero-order valence-electron chi connectivity index (χ0n) is 31.3. The van der Waals surface area contributed by atoms with Crippen molar-refractivity contribution in [3.8, 4) is 5.75 Å². The Labute approximate surface area is 315 Å². The number of amides is 1. The van der Waals surface area contributed by atoms with Gasteiger partial charge in [0.2, 0.25) is 0 Å². The van der Waals surface area contributed by atoms with E-state index in [0.29, 0.717) is 36.0 Å². The minimum atomic E-state index is -1.45. The lowest BCUT2D eigenvalue weighted by atomic mass is 9.66. The number of halogens is 1. The summed E-state index contributed by atoms with van der Waals surface area (Å²) in [5, 5.41) is 0.628. The molecule has 2 aromatic rings. The van der Waals surface area contributed by atoms with Crippen LogP contribution in [0.5, 0.6) is 5.75 Å². The average Bonchev–Trinajstić information content (AvgIpc) is 3.30. The lowest BCUT2D eigenvalue weighted by Crippen LogP contribution is -2.56. The molecule has 9 heteroatoms. The van der Waals surface area contributed by atoms with E-state index in [0.717, 1.165) is 61.9 Å². The molecule has 4 heterocycles. The van der Waals surface area contributed by atoms with E-state index in [2.05, 4.69) is 52.8 Å². The molecule has 5 aliphatic rings. The van der Waals surface area contributed by atoms with Gasteiger partial charge in [0.15, 0.2) is 0 Å². The Kier molecular flexibility index (Phi) is 11.9. The van der Waals surface area contributed by atoms with E-state index in [9.17, 15) is 9.35 Å². The average molecular weight is 735 g/mol. The Hall–Kier alpha value is -2.23. The predicted octanol–water partition coefficient (Wildman–Crippen LogP) is 7.81. The number of benzene rings is 2. The van der Waals surface area contributed by atoms with Crippen molar-refractivity contribution in [1.29, 1.82) is 0 Å². The topological polar surface area (TPSA) is 62.3 Å². The minimum Gasteiger partial charge on any atom is -0.593 e. The maximum atomic E-state index is 13.9. The number of hydrogen-bond donors (Lipinski definition) is 0. The molecule has 8 unspecified atom stereocenters. The number of nitrogens with zero attached hydrogens (tertiary/aromatic N) is 4. The number of aryl methyl sites for hydroxylation is 1. The highest BCUT2D eigenvalue weighted by molar-refractivity contribution is 7.90. The van der Waals surface area contributed by atoms with Crippen LogP contribution in [-0.2, 0) is 17.8 Å². The van der Waals surface area contributed by atoms with Crippen LogP contribution < -0.4 is 9.64 Å². The molecule has 7 rings (SSSR count). The van der Waals surface area contributed by atoms with E-state index < -0.39 is 11.4 Å². The first-order valence-electron chi connectivity index (χ1n) is 19.8. The quantitative estimate of drug-likeness (QED) is 0.231. The highest BCUT2D eigenvalue weighted by atomic mass is 35.5. The van der Waals surface area contributed by atoms with E-state index in [-0.39, 0.29) is 23.0 Å². The Morgan fingerprint density at radius 3 is 2.67 bits per heavy atom. The zero-order valence-corrected chi connectivity index (χ0v) is 32.8. The number of rotatable bonds is 5. The second kappa shape index (κ2) is 16.4. The molecule has 0 spiro atoms. The number of anilines is 1. The molecule has 2 bridgehead atoms. The smallest absolute Gasteiger partial charge is 0.294 e. The number of carbonyl (C=O) groups excluding carboxylic acids is 1. The van der Waals surface area contributed by atoms with Crippen LogP contribution in [0.4, 0.5) is 5.69 Å². The summed E-state index contributed by atoms with van der Waals surface area (Å²) in [7, 11) is 1.69. The molecule has 0 radical (unpaired) electrons. The molecule has 1 aliphatic carbocycles. The van der Waals surface area contributed by atoms with Gasteiger partial charge in [-0.15, -0.1) is 0 Å². The summed E-state index contributed by atoms with van der Waals surface area (Å²) in [5.74, 6) is 2.62. The van der Waals surface area contributed by atoms with Crippen LogP contribution in [0, 0.1) is 23.7 Å². The first-order chi connectivity index (χ1) is 24.7. The number of allylic oxidation sites excluding steroid dienone is 1. The second-order valence-corrected chi connectivity index (χ2v) is 18.5. The molecule has 2 saturated heterocycles. The van der Waals surface area contributed by atoms with Crippen molar-refractivity contribution >= 4 is 34.6 Å². The summed E-state index contributed by atoms with van der Waals surface area (Å²) < 4.78 is 21.9. The van der Waals surface area contributed by atoms with Gasteiger partial charge in [-0.05, 0) is 111 Å². The van der Waals surface area contributed by atoms with Gasteiger partial charge in [0.1, 0.15) is 11.0 Å². The Morgan fingerprint density at radius 1 is 1.00 bits per heavy atom. The molecule has 1 amide bonds. The summed E-state index contributed by atoms with van der Waals surface area (Å²) in [6.07, 6.45) is 14.3. The first-order valence-corrected chi connectivity index (χ1v) is 21.4. The SMILES string of the molecule is CCCc1cc(Cl)ccc1C1COc2ccc3cc2N(C1)CC1CCC1C(CN1CCN2CCCCC2C1)/C=C/CC(C)C(C)[S+]([O-])N(C)C3=O. The Bertz CT molecular complexity index is 1560. The van der Waals surface area contributed by atoms with Gasteiger partial charge >= 0.3 is 0 Å². The van der Waals surface area contributed by atoms with Gasteiger partial charge in [0.25, 0.3) is 5.91 Å². The van der Waals surface area contributed by atoms with Gasteiger partial charge in [-0.25, -0.2) is 0 Å². The van der Waals surface area contributed by atoms with Crippen LogP contribution in [0.3, 0.4) is 0 Å². The molecule has 8 atom stereocenters. The van der Waals surface area contributed by atoms with Crippen molar-refractivity contribution in [3.05, 3.63) is 70.3 Å². The molecule has 7 nitrogen and oxygen atoms in total. The normalized spacial score (nSPS) is 33.0. The summed E-state index contributed by atoms with van der Waals surface area (Å²) in [4.78, 5) is 21.9. The van der Waals surface area contributed by atoms with Gasteiger partial charge in [-0.3, -0.25) is 14.6 Å². The molecule has 278 valence electrons. The lowest BCUT2D eigenvalue weighted by molar-refractivity contribution is 0.0282. The number of fused-ring (bicyclic) bond motifs is 3. The first kappa shape index (κ1) is 37.1. The second-order valence-electron chi connectivity index (χ2n) is 16.2. The summed E-state index contributed by atoms with van der Waals surface area (Å²) in [6.45, 7) is 14.7. The molecular formula is C42H59ClN4O3S. The molecule has 51 heavy (non-hydrogen) atoms.